The molecular weight excluding hydrogens is 388 g/mol. The second-order valence-electron chi connectivity index (χ2n) is 7.11. The van der Waals surface area contributed by atoms with Crippen LogP contribution in [0.25, 0.3) is 0 Å². The van der Waals surface area contributed by atoms with Crippen molar-refractivity contribution in [3.05, 3.63) is 53.5 Å². The van der Waals surface area contributed by atoms with E-state index in [-0.39, 0.29) is 17.7 Å². The molecule has 0 fully saturated rings. The number of thioether (sulfide) groups is 1. The van der Waals surface area contributed by atoms with Gasteiger partial charge in [-0.25, -0.2) is 0 Å². The summed E-state index contributed by atoms with van der Waals surface area (Å²) in [5.41, 5.74) is 1.17. The summed E-state index contributed by atoms with van der Waals surface area (Å²) < 4.78 is 7.10. The molecule has 2 aromatic heterocycles. The molecule has 0 radical (unpaired) electrons. The smallest absolute Gasteiger partial charge is 0.236 e. The molecule has 8 nitrogen and oxygen atoms in total. The first-order valence-electron chi connectivity index (χ1n) is 9.61. The fraction of sp³-hybridized carbons (Fsp3) is 0.400. The Morgan fingerprint density at radius 1 is 1.28 bits per heavy atom. The fourth-order valence-electron chi connectivity index (χ4n) is 3.16. The molecule has 0 saturated heterocycles. The fourth-order valence-corrected chi connectivity index (χ4v) is 3.91. The number of amides is 1. The van der Waals surface area contributed by atoms with Gasteiger partial charge in [0.25, 0.3) is 0 Å². The molecule has 2 N–H and O–H groups in total. The normalized spacial score (nSPS) is 12.3. The van der Waals surface area contributed by atoms with Crippen molar-refractivity contribution in [3.8, 4) is 0 Å². The summed E-state index contributed by atoms with van der Waals surface area (Å²) >= 11 is 1.37. The van der Waals surface area contributed by atoms with Crippen LogP contribution in [0, 0.1) is 6.92 Å². The predicted octanol–water partition coefficient (Wildman–Crippen LogP) is 1.95. The topological polar surface area (TPSA) is 90.3 Å². The number of nitrogens with zero attached hydrogens (tertiary/aromatic N) is 4. The number of benzene rings is 1. The molecule has 3 rings (SSSR count). The Morgan fingerprint density at radius 3 is 2.66 bits per heavy atom. The lowest BCUT2D eigenvalue weighted by Crippen LogP contribution is -3.06. The minimum atomic E-state index is -0.163. The largest absolute Gasteiger partial charge is 0.360 e. The summed E-state index contributed by atoms with van der Waals surface area (Å²) in [4.78, 5) is 13.6. The number of carbonyl (C=O) groups is 1. The van der Waals surface area contributed by atoms with Gasteiger partial charge in [-0.05, 0) is 12.5 Å². The van der Waals surface area contributed by atoms with E-state index < -0.39 is 0 Å². The molecule has 29 heavy (non-hydrogen) atoms. The lowest BCUT2D eigenvalue weighted by atomic mass is 10.2. The Balaban J connectivity index is 1.77. The van der Waals surface area contributed by atoms with Crippen molar-refractivity contribution in [1.82, 2.24) is 19.9 Å². The quantitative estimate of drug-likeness (QED) is 0.519. The van der Waals surface area contributed by atoms with E-state index in [0.717, 1.165) is 17.4 Å². The monoisotopic (exact) mass is 415 g/mol. The van der Waals surface area contributed by atoms with E-state index in [1.807, 2.05) is 18.2 Å². The number of rotatable bonds is 9. The second kappa shape index (κ2) is 9.71. The van der Waals surface area contributed by atoms with Gasteiger partial charge >= 0.3 is 0 Å². The van der Waals surface area contributed by atoms with Crippen LogP contribution in [0.2, 0.25) is 0 Å². The zero-order valence-corrected chi connectivity index (χ0v) is 18.0. The summed E-state index contributed by atoms with van der Waals surface area (Å²) in [6, 6.07) is 12.1. The third kappa shape index (κ3) is 5.45. The van der Waals surface area contributed by atoms with Crippen LogP contribution in [0.4, 0.5) is 5.82 Å². The first-order chi connectivity index (χ1) is 14.0. The number of nitrogens with one attached hydrogen (secondary N) is 2. The average Bonchev–Trinajstić information content (AvgIpc) is 3.28. The summed E-state index contributed by atoms with van der Waals surface area (Å²) in [6.07, 6.45) is 0.950. The molecule has 1 atom stereocenters. The molecule has 0 aliphatic heterocycles. The highest BCUT2D eigenvalue weighted by Crippen LogP contribution is 2.22. The van der Waals surface area contributed by atoms with Gasteiger partial charge in [0.05, 0.1) is 26.4 Å². The highest BCUT2D eigenvalue weighted by Gasteiger charge is 2.25. The van der Waals surface area contributed by atoms with E-state index in [4.69, 9.17) is 4.52 Å². The molecule has 2 heterocycles. The van der Waals surface area contributed by atoms with Crippen LogP contribution in [-0.4, -0.2) is 45.7 Å². The van der Waals surface area contributed by atoms with Crippen LogP contribution >= 0.6 is 11.8 Å². The van der Waals surface area contributed by atoms with Crippen molar-refractivity contribution in [1.29, 1.82) is 0 Å². The third-order valence-electron chi connectivity index (χ3n) is 4.57. The number of quaternary nitrogens is 1. The predicted molar refractivity (Wildman–Crippen MR) is 112 cm³/mol. The van der Waals surface area contributed by atoms with Crippen molar-refractivity contribution in [2.45, 2.75) is 38.0 Å². The summed E-state index contributed by atoms with van der Waals surface area (Å²) in [5.74, 6) is 2.05. The van der Waals surface area contributed by atoms with Crippen LogP contribution in [-0.2, 0) is 11.3 Å². The molecule has 0 aliphatic carbocycles. The molecule has 0 spiro atoms. The van der Waals surface area contributed by atoms with E-state index in [2.05, 4.69) is 58.4 Å². The molecule has 0 unspecified atom stereocenters. The number of carbonyl (C=O) groups excluding carboxylic acids is 1. The lowest BCUT2D eigenvalue weighted by molar-refractivity contribution is -0.893. The van der Waals surface area contributed by atoms with Crippen molar-refractivity contribution >= 4 is 23.5 Å². The zero-order valence-electron chi connectivity index (χ0n) is 17.2. The van der Waals surface area contributed by atoms with Crippen LogP contribution in [0.15, 0.2) is 46.1 Å². The van der Waals surface area contributed by atoms with Gasteiger partial charge in [0.2, 0.25) is 5.91 Å². The number of hydrogen-bond donors (Lipinski definition) is 2. The summed E-state index contributed by atoms with van der Waals surface area (Å²) in [5, 5.41) is 16.1. The standard InChI is InChI=1S/C20H26N6O2S/c1-5-16(25(3)4)19-22-23-20(26(19)12-15-9-7-6-8-10-15)29-13-18(27)21-17-11-14(2)28-24-17/h6-11,16H,5,12-13H2,1-4H3,(H,21,24,27)/p+1/t16-/m0/s1. The lowest BCUT2D eigenvalue weighted by Gasteiger charge is -2.20. The van der Waals surface area contributed by atoms with Crippen molar-refractivity contribution in [3.63, 3.8) is 0 Å². The number of hydrogen-bond acceptors (Lipinski definition) is 6. The van der Waals surface area contributed by atoms with Crippen LogP contribution in [0.3, 0.4) is 0 Å². The number of aryl methyl sites for hydroxylation is 1. The maximum Gasteiger partial charge on any atom is 0.236 e. The molecule has 0 aliphatic rings. The van der Waals surface area contributed by atoms with E-state index in [0.29, 0.717) is 18.1 Å². The molecule has 1 aromatic carbocycles. The molecule has 9 heteroatoms. The Labute approximate surface area is 174 Å². The maximum absolute atomic E-state index is 12.3. The summed E-state index contributed by atoms with van der Waals surface area (Å²) in [6.45, 7) is 4.60. The maximum atomic E-state index is 12.3. The van der Waals surface area contributed by atoms with Crippen molar-refractivity contribution in [2.24, 2.45) is 0 Å². The Morgan fingerprint density at radius 2 is 2.03 bits per heavy atom. The SMILES string of the molecule is CC[C@@H](c1nnc(SCC(=O)Nc2cc(C)on2)n1Cc1ccccc1)[NH+](C)C. The van der Waals surface area contributed by atoms with Gasteiger partial charge in [-0.15, -0.1) is 10.2 Å². The molecule has 0 bridgehead atoms. The zero-order chi connectivity index (χ0) is 20.8. The van der Waals surface area contributed by atoms with Gasteiger partial charge in [0.15, 0.2) is 16.8 Å². The first kappa shape index (κ1) is 21.1. The minimum Gasteiger partial charge on any atom is -0.360 e. The van der Waals surface area contributed by atoms with E-state index in [1.165, 1.54) is 22.2 Å². The van der Waals surface area contributed by atoms with Gasteiger partial charge in [0, 0.05) is 12.5 Å². The molecule has 3 aromatic rings. The molecule has 154 valence electrons. The van der Waals surface area contributed by atoms with Crippen LogP contribution in [0.1, 0.15) is 36.5 Å². The van der Waals surface area contributed by atoms with Crippen molar-refractivity contribution < 1.29 is 14.2 Å². The Bertz CT molecular complexity index is 938. The molecular formula is C20H27N6O2S+. The van der Waals surface area contributed by atoms with Crippen molar-refractivity contribution in [2.75, 3.05) is 25.2 Å². The molecule has 1 amide bonds. The Hall–Kier alpha value is -2.65. The van der Waals surface area contributed by atoms with E-state index >= 15 is 0 Å². The van der Waals surface area contributed by atoms with E-state index in [1.54, 1.807) is 13.0 Å². The van der Waals surface area contributed by atoms with E-state index in [9.17, 15) is 4.79 Å². The van der Waals surface area contributed by atoms with Gasteiger partial charge in [-0.2, -0.15) is 0 Å². The van der Waals surface area contributed by atoms with Crippen LogP contribution in [0.5, 0.6) is 0 Å². The second-order valence-corrected chi connectivity index (χ2v) is 8.05. The number of anilines is 1. The average molecular weight is 416 g/mol. The van der Waals surface area contributed by atoms with Gasteiger partial charge in [0.1, 0.15) is 11.8 Å². The van der Waals surface area contributed by atoms with Gasteiger partial charge in [-0.3, -0.25) is 9.36 Å². The Kier molecular flexibility index (Phi) is 7.05. The van der Waals surface area contributed by atoms with Gasteiger partial charge < -0.3 is 14.7 Å². The highest BCUT2D eigenvalue weighted by atomic mass is 32.2. The minimum absolute atomic E-state index is 0.163. The third-order valence-corrected chi connectivity index (χ3v) is 5.54. The summed E-state index contributed by atoms with van der Waals surface area (Å²) in [7, 11) is 4.24. The first-order valence-corrected chi connectivity index (χ1v) is 10.6. The number of aromatic nitrogens is 4. The molecule has 0 saturated carbocycles. The highest BCUT2D eigenvalue weighted by molar-refractivity contribution is 7.99. The van der Waals surface area contributed by atoms with Crippen LogP contribution < -0.4 is 10.2 Å². The van der Waals surface area contributed by atoms with Gasteiger partial charge in [-0.1, -0.05) is 54.2 Å².